The van der Waals surface area contributed by atoms with Gasteiger partial charge in [-0.3, -0.25) is 19.7 Å². The summed E-state index contributed by atoms with van der Waals surface area (Å²) in [5, 5.41) is 8.26. The number of carbonyl (C=O) groups is 3. The van der Waals surface area contributed by atoms with Gasteiger partial charge in [0.05, 0.1) is 6.42 Å². The van der Waals surface area contributed by atoms with E-state index in [1.807, 2.05) is 18.2 Å². The molecule has 9 heteroatoms. The van der Waals surface area contributed by atoms with E-state index >= 15 is 0 Å². The van der Waals surface area contributed by atoms with E-state index in [0.717, 1.165) is 26.2 Å². The van der Waals surface area contributed by atoms with E-state index in [-0.39, 0.29) is 24.1 Å². The predicted molar refractivity (Wildman–Crippen MR) is 124 cm³/mol. The van der Waals surface area contributed by atoms with Crippen LogP contribution < -0.4 is 20.9 Å². The monoisotopic (exact) mass is 434 g/mol. The number of amides is 3. The first-order valence-corrected chi connectivity index (χ1v) is 10.6. The molecule has 0 radical (unpaired) electrons. The molecule has 1 atom stereocenters. The van der Waals surface area contributed by atoms with Crippen molar-refractivity contribution in [2.24, 2.45) is 4.99 Å². The lowest BCUT2D eigenvalue weighted by Crippen LogP contribution is -2.52. The van der Waals surface area contributed by atoms with Crippen LogP contribution in [0.4, 0.5) is 17.1 Å². The van der Waals surface area contributed by atoms with E-state index < -0.39 is 6.04 Å². The Hall–Kier alpha value is -3.88. The van der Waals surface area contributed by atoms with E-state index in [1.54, 1.807) is 24.3 Å². The number of piperazine rings is 1. The molecule has 2 heterocycles. The maximum Gasteiger partial charge on any atom is 0.252 e. The van der Waals surface area contributed by atoms with E-state index in [4.69, 9.17) is 0 Å². The minimum Gasteiger partial charge on any atom is -0.368 e. The van der Waals surface area contributed by atoms with Crippen molar-refractivity contribution in [2.45, 2.75) is 19.4 Å². The standard InChI is InChI=1S/C23H26N6O3/c1-16(30)24-17-7-9-18(10-8-17)25-21(31)15-20-22(32)27-23(26-20)29-13-11-28(12-14-29)19-5-3-2-4-6-19/h2-10,20H,11-15H2,1H3,(H,24,30)(H,25,31)(H,26,27,32)/t20-/m1/s1. The van der Waals surface area contributed by atoms with Crippen LogP contribution in [0.1, 0.15) is 13.3 Å². The van der Waals surface area contributed by atoms with Gasteiger partial charge in [0.25, 0.3) is 5.91 Å². The van der Waals surface area contributed by atoms with Crippen molar-refractivity contribution in [1.29, 1.82) is 0 Å². The molecule has 9 nitrogen and oxygen atoms in total. The highest BCUT2D eigenvalue weighted by Gasteiger charge is 2.32. The number of anilines is 3. The number of para-hydroxylation sites is 1. The van der Waals surface area contributed by atoms with Gasteiger partial charge >= 0.3 is 0 Å². The van der Waals surface area contributed by atoms with Gasteiger partial charge in [0.15, 0.2) is 0 Å². The summed E-state index contributed by atoms with van der Waals surface area (Å²) in [6.45, 7) is 4.58. The number of aliphatic imine (C=N–C) groups is 1. The van der Waals surface area contributed by atoms with Crippen molar-refractivity contribution < 1.29 is 14.4 Å². The maximum atomic E-state index is 12.4. The molecular formula is C23H26N6O3. The number of benzene rings is 2. The van der Waals surface area contributed by atoms with Crippen LogP contribution in [0.3, 0.4) is 0 Å². The zero-order chi connectivity index (χ0) is 22.5. The molecule has 3 N–H and O–H groups in total. The Balaban J connectivity index is 1.29. The van der Waals surface area contributed by atoms with Crippen molar-refractivity contribution in [2.75, 3.05) is 41.7 Å². The van der Waals surface area contributed by atoms with Crippen LogP contribution >= 0.6 is 0 Å². The van der Waals surface area contributed by atoms with Gasteiger partial charge in [0.2, 0.25) is 17.8 Å². The number of hydrogen-bond acceptors (Lipinski definition) is 6. The van der Waals surface area contributed by atoms with Gasteiger partial charge in [-0.25, -0.2) is 4.99 Å². The molecule has 1 fully saturated rings. The van der Waals surface area contributed by atoms with E-state index in [9.17, 15) is 14.4 Å². The highest BCUT2D eigenvalue weighted by Crippen LogP contribution is 2.18. The second-order valence-corrected chi connectivity index (χ2v) is 7.78. The highest BCUT2D eigenvalue weighted by molar-refractivity contribution is 6.07. The third-order valence-corrected chi connectivity index (χ3v) is 5.38. The molecule has 2 aromatic rings. The summed E-state index contributed by atoms with van der Waals surface area (Å²) in [5.74, 6) is -0.178. The first-order valence-electron chi connectivity index (χ1n) is 10.6. The molecule has 166 valence electrons. The molecule has 0 unspecified atom stereocenters. The van der Waals surface area contributed by atoms with Crippen LogP contribution in [0.5, 0.6) is 0 Å². The Kier molecular flexibility index (Phi) is 6.34. The van der Waals surface area contributed by atoms with Crippen LogP contribution in [0.15, 0.2) is 59.6 Å². The summed E-state index contributed by atoms with van der Waals surface area (Å²) in [6, 6.07) is 16.3. The Morgan fingerprint density at radius 2 is 1.53 bits per heavy atom. The van der Waals surface area contributed by atoms with Gasteiger partial charge in [-0.2, -0.15) is 0 Å². The second-order valence-electron chi connectivity index (χ2n) is 7.78. The molecule has 0 aromatic heterocycles. The number of rotatable bonds is 5. The first kappa shape index (κ1) is 21.4. The van der Waals surface area contributed by atoms with E-state index in [1.165, 1.54) is 12.6 Å². The largest absolute Gasteiger partial charge is 0.368 e. The van der Waals surface area contributed by atoms with Crippen LogP contribution in [0.2, 0.25) is 0 Å². The fourth-order valence-corrected chi connectivity index (χ4v) is 3.77. The van der Waals surface area contributed by atoms with Crippen LogP contribution in [-0.2, 0) is 14.4 Å². The number of nitrogens with zero attached hydrogens (tertiary/aromatic N) is 3. The summed E-state index contributed by atoms with van der Waals surface area (Å²) in [7, 11) is 0. The smallest absolute Gasteiger partial charge is 0.252 e. The maximum absolute atomic E-state index is 12.4. The molecular weight excluding hydrogens is 408 g/mol. The van der Waals surface area contributed by atoms with Gasteiger partial charge < -0.3 is 20.4 Å². The molecule has 3 amide bonds. The summed E-state index contributed by atoms with van der Waals surface area (Å²) >= 11 is 0. The van der Waals surface area contributed by atoms with E-state index in [2.05, 4.69) is 42.9 Å². The number of nitrogens with one attached hydrogen (secondary N) is 3. The summed E-state index contributed by atoms with van der Waals surface area (Å²) in [5.41, 5.74) is 2.42. The Morgan fingerprint density at radius 3 is 2.16 bits per heavy atom. The molecule has 0 saturated carbocycles. The van der Waals surface area contributed by atoms with Crippen molar-refractivity contribution in [1.82, 2.24) is 10.2 Å². The zero-order valence-electron chi connectivity index (χ0n) is 17.9. The Morgan fingerprint density at radius 1 is 0.938 bits per heavy atom. The van der Waals surface area contributed by atoms with Crippen molar-refractivity contribution in [3.63, 3.8) is 0 Å². The lowest BCUT2D eigenvalue weighted by molar-refractivity contribution is -0.124. The summed E-state index contributed by atoms with van der Waals surface area (Å²) < 4.78 is 0. The molecule has 2 aromatic carbocycles. The normalized spacial score (nSPS) is 18.1. The fraction of sp³-hybridized carbons (Fsp3) is 0.304. The topological polar surface area (TPSA) is 106 Å². The predicted octanol–water partition coefficient (Wildman–Crippen LogP) is 1.65. The Labute approximate surface area is 186 Å². The minimum absolute atomic E-state index is 0.0350. The second kappa shape index (κ2) is 9.51. The van der Waals surface area contributed by atoms with Gasteiger partial charge in [0, 0.05) is 50.2 Å². The molecule has 0 aliphatic carbocycles. The fourth-order valence-electron chi connectivity index (χ4n) is 3.77. The van der Waals surface area contributed by atoms with Crippen molar-refractivity contribution in [3.05, 3.63) is 54.6 Å². The molecule has 1 saturated heterocycles. The average molecular weight is 435 g/mol. The zero-order valence-corrected chi connectivity index (χ0v) is 17.9. The Bertz CT molecular complexity index is 1010. The highest BCUT2D eigenvalue weighted by atomic mass is 16.2. The molecule has 4 rings (SSSR count). The third-order valence-electron chi connectivity index (χ3n) is 5.38. The van der Waals surface area contributed by atoms with Crippen molar-refractivity contribution in [3.8, 4) is 0 Å². The van der Waals surface area contributed by atoms with Gasteiger partial charge in [-0.15, -0.1) is 0 Å². The molecule has 0 spiro atoms. The molecule has 0 bridgehead atoms. The number of guanidine groups is 1. The summed E-state index contributed by atoms with van der Waals surface area (Å²) in [6.07, 6.45) is -0.0350. The molecule has 32 heavy (non-hydrogen) atoms. The lowest BCUT2D eigenvalue weighted by atomic mass is 10.2. The number of carbonyl (C=O) groups excluding carboxylic acids is 3. The third kappa shape index (κ3) is 5.23. The van der Waals surface area contributed by atoms with Gasteiger partial charge in [0.1, 0.15) is 6.04 Å². The molecule has 2 aliphatic heterocycles. The summed E-state index contributed by atoms with van der Waals surface area (Å²) in [4.78, 5) is 44.7. The molecule has 2 aliphatic rings. The number of hydrogen-bond donors (Lipinski definition) is 3. The minimum atomic E-state index is -0.740. The van der Waals surface area contributed by atoms with Crippen LogP contribution in [0.25, 0.3) is 0 Å². The van der Waals surface area contributed by atoms with Crippen molar-refractivity contribution >= 4 is 40.7 Å². The van der Waals surface area contributed by atoms with E-state index in [0.29, 0.717) is 17.3 Å². The lowest BCUT2D eigenvalue weighted by Gasteiger charge is -2.36. The quantitative estimate of drug-likeness (QED) is 0.664. The van der Waals surface area contributed by atoms with Gasteiger partial charge in [-0.05, 0) is 36.4 Å². The SMILES string of the molecule is CC(=O)Nc1ccc(NC(=O)C[C@H]2N=C(N3CCN(c4ccccc4)CC3)NC2=O)cc1. The van der Waals surface area contributed by atoms with Crippen LogP contribution in [-0.4, -0.2) is 60.8 Å². The van der Waals surface area contributed by atoms with Crippen LogP contribution in [0, 0.1) is 0 Å². The first-order chi connectivity index (χ1) is 15.5. The average Bonchev–Trinajstić information content (AvgIpc) is 3.15. The van der Waals surface area contributed by atoms with Gasteiger partial charge in [-0.1, -0.05) is 18.2 Å².